The molecule has 0 saturated heterocycles. The first-order valence-corrected chi connectivity index (χ1v) is 8.61. The molecule has 1 heterocycles. The molecule has 0 fully saturated rings. The highest BCUT2D eigenvalue weighted by molar-refractivity contribution is 6.32. The Hall–Kier alpha value is -2.92. The summed E-state index contributed by atoms with van der Waals surface area (Å²) >= 11 is 6.26. The number of ether oxygens (including phenoxy) is 1. The van der Waals surface area contributed by atoms with Crippen LogP contribution in [0.3, 0.4) is 0 Å². The van der Waals surface area contributed by atoms with Gasteiger partial charge in [0.25, 0.3) is 5.56 Å². The Labute approximate surface area is 155 Å². The zero-order chi connectivity index (χ0) is 18.5. The van der Waals surface area contributed by atoms with E-state index < -0.39 is 5.97 Å². The largest absolute Gasteiger partial charge is 0.420 e. The number of esters is 1. The smallest absolute Gasteiger partial charge is 0.364 e. The van der Waals surface area contributed by atoms with Gasteiger partial charge in [-0.1, -0.05) is 54.9 Å². The second kappa shape index (κ2) is 7.97. The van der Waals surface area contributed by atoms with E-state index >= 15 is 0 Å². The van der Waals surface area contributed by atoms with Crippen LogP contribution in [0.25, 0.3) is 11.1 Å². The fourth-order valence-corrected chi connectivity index (χ4v) is 2.69. The molecule has 0 aliphatic heterocycles. The van der Waals surface area contributed by atoms with Gasteiger partial charge in [0.1, 0.15) is 5.75 Å². The molecule has 6 heteroatoms. The number of halogens is 1. The van der Waals surface area contributed by atoms with Crippen LogP contribution in [0.5, 0.6) is 5.75 Å². The van der Waals surface area contributed by atoms with Crippen molar-refractivity contribution in [2.24, 2.45) is 0 Å². The normalized spacial score (nSPS) is 10.5. The number of nitrogens with zero attached hydrogens (tertiary/aromatic N) is 2. The summed E-state index contributed by atoms with van der Waals surface area (Å²) in [7, 11) is 0. The summed E-state index contributed by atoms with van der Waals surface area (Å²) in [6, 6.07) is 17.6. The van der Waals surface area contributed by atoms with Gasteiger partial charge in [-0.15, -0.1) is 0 Å². The molecule has 3 aromatic rings. The van der Waals surface area contributed by atoms with E-state index in [1.165, 1.54) is 16.8 Å². The lowest BCUT2D eigenvalue weighted by Gasteiger charge is -2.09. The van der Waals surface area contributed by atoms with Crippen LogP contribution < -0.4 is 10.3 Å². The average Bonchev–Trinajstić information content (AvgIpc) is 2.66. The maximum atomic E-state index is 12.3. The van der Waals surface area contributed by atoms with Gasteiger partial charge in [-0.25, -0.2) is 9.48 Å². The molecule has 0 spiro atoms. The van der Waals surface area contributed by atoms with Crippen molar-refractivity contribution in [2.45, 2.75) is 19.9 Å². The van der Waals surface area contributed by atoms with Crippen LogP contribution in [0.4, 0.5) is 0 Å². The van der Waals surface area contributed by atoms with E-state index in [2.05, 4.69) is 5.10 Å². The molecule has 0 bridgehead atoms. The van der Waals surface area contributed by atoms with Gasteiger partial charge in [-0.2, -0.15) is 5.10 Å². The number of carbonyl (C=O) groups is 1. The van der Waals surface area contributed by atoms with E-state index in [4.69, 9.17) is 16.3 Å². The Morgan fingerprint density at radius 2 is 1.85 bits per heavy atom. The number of carbonyl (C=O) groups excluding carboxylic acids is 1. The number of aryl methyl sites for hydroxylation is 1. The minimum absolute atomic E-state index is 0.0567. The quantitative estimate of drug-likeness (QED) is 0.500. The summed E-state index contributed by atoms with van der Waals surface area (Å²) in [5.41, 5.74) is 1.74. The molecule has 0 N–H and O–H groups in total. The van der Waals surface area contributed by atoms with Gasteiger partial charge in [0, 0.05) is 12.6 Å². The summed E-state index contributed by atoms with van der Waals surface area (Å²) in [4.78, 5) is 24.0. The molecule has 1 aromatic heterocycles. The van der Waals surface area contributed by atoms with Crippen molar-refractivity contribution >= 4 is 17.6 Å². The molecular weight excluding hydrogens is 352 g/mol. The van der Waals surface area contributed by atoms with E-state index in [1.807, 2.05) is 43.3 Å². The van der Waals surface area contributed by atoms with E-state index in [-0.39, 0.29) is 17.0 Å². The van der Waals surface area contributed by atoms with Crippen molar-refractivity contribution in [3.63, 3.8) is 0 Å². The zero-order valence-electron chi connectivity index (χ0n) is 14.2. The lowest BCUT2D eigenvalue weighted by Crippen LogP contribution is -2.25. The number of benzene rings is 2. The topological polar surface area (TPSA) is 61.2 Å². The van der Waals surface area contributed by atoms with Gasteiger partial charge in [-0.05, 0) is 35.7 Å². The van der Waals surface area contributed by atoms with Gasteiger partial charge >= 0.3 is 5.97 Å². The van der Waals surface area contributed by atoms with Crippen LogP contribution in [0.15, 0.2) is 65.5 Å². The first-order valence-electron chi connectivity index (χ1n) is 8.24. The molecule has 132 valence electrons. The van der Waals surface area contributed by atoms with Crippen LogP contribution >= 0.6 is 11.6 Å². The van der Waals surface area contributed by atoms with Gasteiger partial charge in [0.05, 0.1) is 5.02 Å². The molecule has 0 radical (unpaired) electrons. The van der Waals surface area contributed by atoms with Crippen LogP contribution in [-0.2, 0) is 6.54 Å². The zero-order valence-corrected chi connectivity index (χ0v) is 14.9. The number of hydrogen-bond acceptors (Lipinski definition) is 4. The van der Waals surface area contributed by atoms with Crippen LogP contribution in [0, 0.1) is 0 Å². The van der Waals surface area contributed by atoms with E-state index in [0.717, 1.165) is 17.5 Å². The van der Waals surface area contributed by atoms with Crippen LogP contribution in [0.1, 0.15) is 23.8 Å². The molecule has 0 unspecified atom stereocenters. The van der Waals surface area contributed by atoms with Crippen LogP contribution in [0.2, 0.25) is 5.02 Å². The maximum absolute atomic E-state index is 12.3. The first kappa shape index (κ1) is 17.9. The second-order valence-corrected chi connectivity index (χ2v) is 6.09. The van der Waals surface area contributed by atoms with Gasteiger partial charge in [0.2, 0.25) is 0 Å². The average molecular weight is 369 g/mol. The number of hydrogen-bond donors (Lipinski definition) is 0. The highest BCUT2D eigenvalue weighted by atomic mass is 35.5. The Balaban J connectivity index is 1.82. The van der Waals surface area contributed by atoms with E-state index in [1.54, 1.807) is 12.1 Å². The standard InChI is InChI=1S/C20H17ClN2O3/c1-2-12-23-19(24)11-9-17(22-23)20(25)26-18-10-8-15(13-16(18)21)14-6-4-3-5-7-14/h3-11,13H,2,12H2,1H3. The third-order valence-corrected chi connectivity index (χ3v) is 4.05. The minimum atomic E-state index is -0.663. The fourth-order valence-electron chi connectivity index (χ4n) is 2.48. The van der Waals surface area contributed by atoms with Gasteiger partial charge in [0.15, 0.2) is 5.69 Å². The van der Waals surface area contributed by atoms with Crippen molar-refractivity contribution in [3.8, 4) is 16.9 Å². The Kier molecular flexibility index (Phi) is 5.49. The molecule has 0 amide bonds. The highest BCUT2D eigenvalue weighted by Crippen LogP contribution is 2.30. The molecule has 0 saturated carbocycles. The lowest BCUT2D eigenvalue weighted by molar-refractivity contribution is 0.0725. The molecule has 5 nitrogen and oxygen atoms in total. The minimum Gasteiger partial charge on any atom is -0.420 e. The molecule has 0 aliphatic rings. The second-order valence-electron chi connectivity index (χ2n) is 5.68. The van der Waals surface area contributed by atoms with E-state index in [0.29, 0.717) is 11.6 Å². The van der Waals surface area contributed by atoms with E-state index in [9.17, 15) is 9.59 Å². The molecule has 26 heavy (non-hydrogen) atoms. The Morgan fingerprint density at radius 1 is 1.08 bits per heavy atom. The maximum Gasteiger partial charge on any atom is 0.364 e. The summed E-state index contributed by atoms with van der Waals surface area (Å²) in [6.07, 6.45) is 0.734. The molecule has 0 atom stereocenters. The summed E-state index contributed by atoms with van der Waals surface area (Å²) in [5.74, 6) is -0.421. The predicted molar refractivity (Wildman–Crippen MR) is 101 cm³/mol. The van der Waals surface area contributed by atoms with Gasteiger partial charge < -0.3 is 4.74 Å². The Morgan fingerprint density at radius 3 is 2.54 bits per heavy atom. The molecule has 0 aliphatic carbocycles. The third kappa shape index (κ3) is 4.00. The number of rotatable bonds is 5. The predicted octanol–water partition coefficient (Wildman–Crippen LogP) is 4.19. The molecule has 3 rings (SSSR count). The summed E-state index contributed by atoms with van der Waals surface area (Å²) in [5, 5.41) is 4.36. The molecular formula is C20H17ClN2O3. The van der Waals surface area contributed by atoms with Gasteiger partial charge in [-0.3, -0.25) is 4.79 Å². The van der Waals surface area contributed by atoms with Crippen molar-refractivity contribution in [1.82, 2.24) is 9.78 Å². The van der Waals surface area contributed by atoms with Crippen molar-refractivity contribution in [1.29, 1.82) is 0 Å². The molecule has 2 aromatic carbocycles. The lowest BCUT2D eigenvalue weighted by atomic mass is 10.1. The Bertz CT molecular complexity index is 984. The number of aromatic nitrogens is 2. The van der Waals surface area contributed by atoms with Crippen molar-refractivity contribution < 1.29 is 9.53 Å². The summed E-state index contributed by atoms with van der Waals surface area (Å²) in [6.45, 7) is 2.36. The summed E-state index contributed by atoms with van der Waals surface area (Å²) < 4.78 is 6.59. The first-order chi connectivity index (χ1) is 12.6. The highest BCUT2D eigenvalue weighted by Gasteiger charge is 2.14. The fraction of sp³-hybridized carbons (Fsp3) is 0.150. The van der Waals surface area contributed by atoms with Crippen LogP contribution in [-0.4, -0.2) is 15.7 Å². The van der Waals surface area contributed by atoms with Crippen molar-refractivity contribution in [2.75, 3.05) is 0 Å². The van der Waals surface area contributed by atoms with Crippen molar-refractivity contribution in [3.05, 3.63) is 81.7 Å². The monoisotopic (exact) mass is 368 g/mol. The SMILES string of the molecule is CCCn1nc(C(=O)Oc2ccc(-c3ccccc3)cc2Cl)ccc1=O. The third-order valence-electron chi connectivity index (χ3n) is 3.75.